The van der Waals surface area contributed by atoms with Gasteiger partial charge < -0.3 is 19.1 Å². The van der Waals surface area contributed by atoms with E-state index in [4.69, 9.17) is 14.2 Å². The Morgan fingerprint density at radius 1 is 0.707 bits per heavy atom. The fourth-order valence-corrected chi connectivity index (χ4v) is 6.27. The van der Waals surface area contributed by atoms with Gasteiger partial charge in [0.15, 0.2) is 23.1 Å². The van der Waals surface area contributed by atoms with Crippen LogP contribution in [0.5, 0.6) is 17.2 Å². The lowest BCUT2D eigenvalue weighted by Gasteiger charge is -2.42. The molecule has 210 valence electrons. The van der Waals surface area contributed by atoms with Gasteiger partial charge in [0.2, 0.25) is 0 Å². The summed E-state index contributed by atoms with van der Waals surface area (Å²) in [5.74, 6) is 2.09. The largest absolute Gasteiger partial charge is 0.493 e. The molecule has 3 aromatic rings. The van der Waals surface area contributed by atoms with Crippen LogP contribution in [-0.4, -0.2) is 30.6 Å². The smallest absolute Gasteiger partial charge is 0.161 e. The molecule has 0 saturated carbocycles. The fraction of sp³-hybridized carbons (Fsp3) is 0.314. The van der Waals surface area contributed by atoms with E-state index in [1.54, 1.807) is 7.11 Å². The topological polar surface area (TPSA) is 65.1 Å². The molecular weight excluding hydrogens is 514 g/mol. The molecule has 3 aromatic carbocycles. The lowest BCUT2D eigenvalue weighted by atomic mass is 9.71. The third-order valence-corrected chi connectivity index (χ3v) is 8.33. The van der Waals surface area contributed by atoms with E-state index in [0.29, 0.717) is 37.6 Å². The normalized spacial score (nSPS) is 17.4. The van der Waals surface area contributed by atoms with Crippen LogP contribution in [0.25, 0.3) is 0 Å². The highest BCUT2D eigenvalue weighted by Crippen LogP contribution is 2.48. The van der Waals surface area contributed by atoms with E-state index in [1.165, 1.54) is 0 Å². The molecule has 0 spiro atoms. The van der Waals surface area contributed by atoms with Crippen LogP contribution >= 0.6 is 0 Å². The Morgan fingerprint density at radius 2 is 1.34 bits per heavy atom. The highest BCUT2D eigenvalue weighted by molar-refractivity contribution is 6.06. The minimum absolute atomic E-state index is 0.165. The number of carbonyl (C=O) groups is 2. The van der Waals surface area contributed by atoms with Crippen LogP contribution in [0.2, 0.25) is 0 Å². The van der Waals surface area contributed by atoms with Crippen molar-refractivity contribution >= 4 is 11.6 Å². The van der Waals surface area contributed by atoms with Gasteiger partial charge in [-0.05, 0) is 66.6 Å². The van der Waals surface area contributed by atoms with Crippen LogP contribution in [0.1, 0.15) is 61.1 Å². The van der Waals surface area contributed by atoms with E-state index < -0.39 is 0 Å². The minimum atomic E-state index is -0.293. The van der Waals surface area contributed by atoms with Crippen molar-refractivity contribution in [2.75, 3.05) is 14.2 Å². The first kappa shape index (κ1) is 26.9. The van der Waals surface area contributed by atoms with Crippen LogP contribution in [-0.2, 0) is 22.8 Å². The molecular formula is C35H35NO5. The van der Waals surface area contributed by atoms with Crippen LogP contribution in [0.4, 0.5) is 0 Å². The number of rotatable bonds is 8. The number of hydrogen-bond donors (Lipinski definition) is 0. The number of Topliss-reactive ketones (excluding diaryl/α,β-unsaturated/α-hetero) is 2. The maximum Gasteiger partial charge on any atom is 0.161 e. The molecule has 1 heterocycles. The Bertz CT molecular complexity index is 1480. The monoisotopic (exact) mass is 549 g/mol. The molecule has 0 atom stereocenters. The quantitative estimate of drug-likeness (QED) is 0.305. The Kier molecular flexibility index (Phi) is 7.64. The number of ether oxygens (including phenoxy) is 3. The Morgan fingerprint density at radius 3 is 1.98 bits per heavy atom. The van der Waals surface area contributed by atoms with Gasteiger partial charge in [0, 0.05) is 48.3 Å². The van der Waals surface area contributed by atoms with Crippen molar-refractivity contribution in [2.24, 2.45) is 0 Å². The molecule has 41 heavy (non-hydrogen) atoms. The number of hydrogen-bond acceptors (Lipinski definition) is 6. The summed E-state index contributed by atoms with van der Waals surface area (Å²) in [6.07, 6.45) is 4.56. The molecule has 0 N–H and O–H groups in total. The van der Waals surface area contributed by atoms with Crippen molar-refractivity contribution in [3.8, 4) is 17.2 Å². The standard InChI is InChI=1S/C35H35NO5/c1-36-27-10-6-12-29(37)34(27)33(35-28(36)11-7-13-30(35)38)25-15-17-26(18-16-25)40-22-24-14-19-31(32(20-24)39-2)41-21-23-8-4-3-5-9-23/h3-5,8-9,14-20,33H,6-7,10-13,21-22H2,1-2H3. The van der Waals surface area contributed by atoms with E-state index in [0.717, 1.165) is 70.7 Å². The van der Waals surface area contributed by atoms with Gasteiger partial charge in [-0.3, -0.25) is 9.59 Å². The van der Waals surface area contributed by atoms with Crippen molar-refractivity contribution < 1.29 is 23.8 Å². The van der Waals surface area contributed by atoms with Gasteiger partial charge >= 0.3 is 0 Å². The zero-order valence-electron chi connectivity index (χ0n) is 23.7. The van der Waals surface area contributed by atoms with Crippen LogP contribution < -0.4 is 14.2 Å². The molecule has 0 bridgehead atoms. The lowest BCUT2D eigenvalue weighted by molar-refractivity contribution is -0.117. The number of carbonyl (C=O) groups excluding carboxylic acids is 2. The van der Waals surface area contributed by atoms with Crippen molar-refractivity contribution in [3.63, 3.8) is 0 Å². The van der Waals surface area contributed by atoms with Crippen molar-refractivity contribution in [1.82, 2.24) is 4.90 Å². The van der Waals surface area contributed by atoms with Gasteiger partial charge in [0.1, 0.15) is 19.0 Å². The predicted molar refractivity (Wildman–Crippen MR) is 157 cm³/mol. The van der Waals surface area contributed by atoms with E-state index in [1.807, 2.05) is 79.8 Å². The average Bonchev–Trinajstić information content (AvgIpc) is 3.01. The van der Waals surface area contributed by atoms with Gasteiger partial charge in [-0.15, -0.1) is 0 Å². The third kappa shape index (κ3) is 5.39. The first-order valence-electron chi connectivity index (χ1n) is 14.4. The van der Waals surface area contributed by atoms with E-state index in [2.05, 4.69) is 4.90 Å². The summed E-state index contributed by atoms with van der Waals surface area (Å²) in [6, 6.07) is 23.7. The number of ketones is 2. The number of nitrogens with zero attached hydrogens (tertiary/aromatic N) is 1. The average molecular weight is 550 g/mol. The van der Waals surface area contributed by atoms with E-state index in [9.17, 15) is 9.59 Å². The van der Waals surface area contributed by atoms with Crippen LogP contribution in [0.3, 0.4) is 0 Å². The Labute approximate surface area is 241 Å². The summed E-state index contributed by atoms with van der Waals surface area (Å²) in [7, 11) is 3.65. The second-order valence-electron chi connectivity index (χ2n) is 10.9. The molecule has 3 aliphatic rings. The molecule has 0 aromatic heterocycles. The highest BCUT2D eigenvalue weighted by atomic mass is 16.5. The first-order valence-corrected chi connectivity index (χ1v) is 14.4. The van der Waals surface area contributed by atoms with E-state index >= 15 is 0 Å². The summed E-state index contributed by atoms with van der Waals surface area (Å²) in [6.45, 7) is 0.829. The molecule has 6 heteroatoms. The van der Waals surface area contributed by atoms with Crippen LogP contribution in [0.15, 0.2) is 95.3 Å². The number of methoxy groups -OCH3 is 1. The third-order valence-electron chi connectivity index (χ3n) is 8.33. The molecule has 6 rings (SSSR count). The van der Waals surface area contributed by atoms with Gasteiger partial charge in [0.25, 0.3) is 0 Å². The van der Waals surface area contributed by atoms with Gasteiger partial charge in [-0.25, -0.2) is 0 Å². The molecule has 0 amide bonds. The first-order chi connectivity index (χ1) is 20.0. The minimum Gasteiger partial charge on any atom is -0.493 e. The number of benzene rings is 3. The molecule has 6 nitrogen and oxygen atoms in total. The zero-order valence-corrected chi connectivity index (χ0v) is 23.7. The Hall–Kier alpha value is -4.32. The summed E-state index contributed by atoms with van der Waals surface area (Å²) >= 11 is 0. The fourth-order valence-electron chi connectivity index (χ4n) is 6.27. The van der Waals surface area contributed by atoms with Gasteiger partial charge in [-0.1, -0.05) is 48.5 Å². The molecule has 0 saturated heterocycles. The predicted octanol–water partition coefficient (Wildman–Crippen LogP) is 6.90. The van der Waals surface area contributed by atoms with Crippen LogP contribution in [0, 0.1) is 0 Å². The molecule has 2 aliphatic carbocycles. The van der Waals surface area contributed by atoms with Crippen molar-refractivity contribution in [3.05, 3.63) is 112 Å². The van der Waals surface area contributed by atoms with E-state index in [-0.39, 0.29) is 17.5 Å². The maximum absolute atomic E-state index is 13.2. The zero-order chi connectivity index (χ0) is 28.3. The second-order valence-corrected chi connectivity index (χ2v) is 10.9. The summed E-state index contributed by atoms with van der Waals surface area (Å²) in [5.41, 5.74) is 6.81. The lowest BCUT2D eigenvalue weighted by Crippen LogP contribution is -2.37. The SMILES string of the molecule is COc1cc(COc2ccc(C3C4=C(CCCC4=O)N(C)C4=C3C(=O)CCC4)cc2)ccc1OCc1ccccc1. The van der Waals surface area contributed by atoms with Gasteiger partial charge in [-0.2, -0.15) is 0 Å². The number of allylic oxidation sites excluding steroid dienone is 4. The highest BCUT2D eigenvalue weighted by Gasteiger charge is 2.42. The van der Waals surface area contributed by atoms with Crippen molar-refractivity contribution in [1.29, 1.82) is 0 Å². The van der Waals surface area contributed by atoms with Gasteiger partial charge in [0.05, 0.1) is 7.11 Å². The van der Waals surface area contributed by atoms with Crippen molar-refractivity contribution in [2.45, 2.75) is 57.7 Å². The molecule has 1 aliphatic heterocycles. The maximum atomic E-state index is 13.2. The summed E-state index contributed by atoms with van der Waals surface area (Å²) in [4.78, 5) is 28.5. The Balaban J connectivity index is 1.18. The molecule has 0 unspecified atom stereocenters. The second kappa shape index (κ2) is 11.7. The summed E-state index contributed by atoms with van der Waals surface area (Å²) in [5, 5.41) is 0. The summed E-state index contributed by atoms with van der Waals surface area (Å²) < 4.78 is 17.7. The molecule has 0 radical (unpaired) electrons. The molecule has 0 fully saturated rings.